The van der Waals surface area contributed by atoms with Crippen LogP contribution in [0.15, 0.2) is 24.5 Å². The van der Waals surface area contributed by atoms with Crippen molar-refractivity contribution in [1.29, 1.82) is 0 Å². The Bertz CT molecular complexity index is 561. The molecule has 1 heterocycles. The number of aromatic nitrogens is 2. The van der Waals surface area contributed by atoms with E-state index in [1.165, 1.54) is 89.0 Å². The topological polar surface area (TPSA) is 25.8 Å². The van der Waals surface area contributed by atoms with Gasteiger partial charge in [0.1, 0.15) is 5.82 Å². The second-order valence-electron chi connectivity index (χ2n) is 9.47. The van der Waals surface area contributed by atoms with Gasteiger partial charge in [-0.1, -0.05) is 51.7 Å². The summed E-state index contributed by atoms with van der Waals surface area (Å²) in [5.74, 6) is 4.34. The number of rotatable bonds is 9. The van der Waals surface area contributed by atoms with E-state index >= 15 is 0 Å². The highest BCUT2D eigenvalue weighted by molar-refractivity contribution is 5.09. The molecule has 0 saturated heterocycles. The number of hydrogen-bond donors (Lipinski definition) is 0. The van der Waals surface area contributed by atoms with Crippen molar-refractivity contribution in [2.75, 3.05) is 0 Å². The minimum absolute atomic E-state index is 0.582. The number of allylic oxidation sites excluding steroid dienone is 2. The average molecular weight is 383 g/mol. The van der Waals surface area contributed by atoms with E-state index in [1.807, 2.05) is 0 Å². The van der Waals surface area contributed by atoms with Gasteiger partial charge in [0.05, 0.1) is 0 Å². The minimum Gasteiger partial charge on any atom is -0.241 e. The van der Waals surface area contributed by atoms with Gasteiger partial charge < -0.3 is 0 Å². The molecule has 2 aliphatic rings. The lowest BCUT2D eigenvalue weighted by molar-refractivity contribution is 0.292. The molecular weight excluding hydrogens is 340 g/mol. The van der Waals surface area contributed by atoms with Crippen LogP contribution in [0.4, 0.5) is 0 Å². The first kappa shape index (κ1) is 21.5. The number of aryl methyl sites for hydroxylation is 1. The molecule has 2 aliphatic carbocycles. The standard InChI is InChI=1S/C26H42N2/c1-3-5-6-8-24-19-27-26(28-20-24)25-17-15-23(16-18-25)14-13-22-11-9-21(7-4-2)10-12-22/h13-14,19-23,25H,3-12,15-18H2,1-2H3/b14-13+. The predicted octanol–water partition coefficient (Wildman–Crippen LogP) is 7.65. The molecule has 1 aromatic rings. The lowest BCUT2D eigenvalue weighted by Gasteiger charge is -2.28. The van der Waals surface area contributed by atoms with Gasteiger partial charge in [-0.2, -0.15) is 0 Å². The van der Waals surface area contributed by atoms with Gasteiger partial charge in [-0.3, -0.25) is 0 Å². The Hall–Kier alpha value is -1.18. The monoisotopic (exact) mass is 382 g/mol. The average Bonchev–Trinajstić information content (AvgIpc) is 2.75. The summed E-state index contributed by atoms with van der Waals surface area (Å²) in [6.07, 6.45) is 28.0. The van der Waals surface area contributed by atoms with E-state index in [2.05, 4.69) is 38.4 Å². The smallest absolute Gasteiger partial charge is 0.131 e. The van der Waals surface area contributed by atoms with Crippen LogP contribution >= 0.6 is 0 Å². The van der Waals surface area contributed by atoms with Gasteiger partial charge in [-0.25, -0.2) is 9.97 Å². The Labute approximate surface area is 173 Å². The van der Waals surface area contributed by atoms with Crippen LogP contribution in [-0.4, -0.2) is 9.97 Å². The van der Waals surface area contributed by atoms with E-state index in [1.54, 1.807) is 0 Å². The van der Waals surface area contributed by atoms with Gasteiger partial charge in [-0.15, -0.1) is 0 Å². The van der Waals surface area contributed by atoms with E-state index in [0.29, 0.717) is 5.92 Å². The van der Waals surface area contributed by atoms with Crippen molar-refractivity contribution in [2.24, 2.45) is 17.8 Å². The molecule has 0 amide bonds. The first-order valence-corrected chi connectivity index (χ1v) is 12.3. The molecule has 2 heteroatoms. The second kappa shape index (κ2) is 11.7. The summed E-state index contributed by atoms with van der Waals surface area (Å²) in [6, 6.07) is 0. The Morgan fingerprint density at radius 3 is 1.96 bits per heavy atom. The predicted molar refractivity (Wildman–Crippen MR) is 119 cm³/mol. The molecule has 1 aromatic heterocycles. The van der Waals surface area contributed by atoms with Crippen LogP contribution in [0.25, 0.3) is 0 Å². The zero-order valence-electron chi connectivity index (χ0n) is 18.4. The van der Waals surface area contributed by atoms with Crippen molar-refractivity contribution in [3.63, 3.8) is 0 Å². The highest BCUT2D eigenvalue weighted by atomic mass is 14.9. The molecule has 2 fully saturated rings. The number of unbranched alkanes of at least 4 members (excludes halogenated alkanes) is 2. The fraction of sp³-hybridized carbons (Fsp3) is 0.769. The Morgan fingerprint density at radius 1 is 0.786 bits per heavy atom. The summed E-state index contributed by atoms with van der Waals surface area (Å²) < 4.78 is 0. The third-order valence-electron chi connectivity index (χ3n) is 7.18. The first-order chi connectivity index (χ1) is 13.8. The van der Waals surface area contributed by atoms with Crippen molar-refractivity contribution in [3.8, 4) is 0 Å². The molecule has 2 nitrogen and oxygen atoms in total. The fourth-order valence-corrected chi connectivity index (χ4v) is 5.25. The molecule has 0 N–H and O–H groups in total. The molecule has 28 heavy (non-hydrogen) atoms. The summed E-state index contributed by atoms with van der Waals surface area (Å²) in [4.78, 5) is 9.44. The van der Waals surface area contributed by atoms with Crippen molar-refractivity contribution in [2.45, 2.75) is 110 Å². The molecule has 0 atom stereocenters. The van der Waals surface area contributed by atoms with Crippen molar-refractivity contribution in [1.82, 2.24) is 9.97 Å². The molecule has 0 spiro atoms. The number of hydrogen-bond acceptors (Lipinski definition) is 2. The SMILES string of the molecule is CCCCCc1cnc(C2CCC(/C=C/C3CCC(CCC)CC3)CC2)nc1. The van der Waals surface area contributed by atoms with Crippen LogP contribution in [0.1, 0.15) is 115 Å². The van der Waals surface area contributed by atoms with Crippen LogP contribution < -0.4 is 0 Å². The summed E-state index contributed by atoms with van der Waals surface area (Å²) >= 11 is 0. The zero-order chi connectivity index (χ0) is 19.6. The van der Waals surface area contributed by atoms with Crippen LogP contribution in [0.5, 0.6) is 0 Å². The third kappa shape index (κ3) is 6.71. The number of nitrogens with zero attached hydrogens (tertiary/aromatic N) is 2. The highest BCUT2D eigenvalue weighted by Crippen LogP contribution is 2.36. The van der Waals surface area contributed by atoms with Crippen LogP contribution in [-0.2, 0) is 6.42 Å². The molecular formula is C26H42N2. The third-order valence-corrected chi connectivity index (χ3v) is 7.18. The quantitative estimate of drug-likeness (QED) is 0.324. The van der Waals surface area contributed by atoms with Crippen molar-refractivity contribution in [3.05, 3.63) is 35.9 Å². The summed E-state index contributed by atoms with van der Waals surface area (Å²) in [7, 11) is 0. The molecule has 156 valence electrons. The Kier molecular flexibility index (Phi) is 9.02. The maximum Gasteiger partial charge on any atom is 0.131 e. The van der Waals surface area contributed by atoms with Gasteiger partial charge in [0.2, 0.25) is 0 Å². The van der Waals surface area contributed by atoms with E-state index in [-0.39, 0.29) is 0 Å². The molecule has 0 aliphatic heterocycles. The van der Waals surface area contributed by atoms with Crippen molar-refractivity contribution < 1.29 is 0 Å². The minimum atomic E-state index is 0.582. The molecule has 3 rings (SSSR count). The molecule has 0 bridgehead atoms. The van der Waals surface area contributed by atoms with E-state index in [9.17, 15) is 0 Å². The molecule has 0 unspecified atom stereocenters. The maximum atomic E-state index is 4.72. The normalized spacial score (nSPS) is 28.6. The lowest BCUT2D eigenvalue weighted by atomic mass is 9.78. The van der Waals surface area contributed by atoms with Crippen LogP contribution in [0, 0.1) is 17.8 Å². The van der Waals surface area contributed by atoms with Gasteiger partial charge in [0.15, 0.2) is 0 Å². The highest BCUT2D eigenvalue weighted by Gasteiger charge is 2.24. The van der Waals surface area contributed by atoms with Crippen molar-refractivity contribution >= 4 is 0 Å². The molecule has 0 aromatic carbocycles. The summed E-state index contributed by atoms with van der Waals surface area (Å²) in [6.45, 7) is 4.58. The van der Waals surface area contributed by atoms with Gasteiger partial charge in [0.25, 0.3) is 0 Å². The zero-order valence-corrected chi connectivity index (χ0v) is 18.4. The van der Waals surface area contributed by atoms with Gasteiger partial charge in [0, 0.05) is 18.3 Å². The summed E-state index contributed by atoms with van der Waals surface area (Å²) in [5, 5.41) is 0. The first-order valence-electron chi connectivity index (χ1n) is 12.3. The maximum absolute atomic E-state index is 4.72. The van der Waals surface area contributed by atoms with E-state index in [0.717, 1.165) is 30.0 Å². The largest absolute Gasteiger partial charge is 0.241 e. The Morgan fingerprint density at radius 2 is 1.39 bits per heavy atom. The second-order valence-corrected chi connectivity index (χ2v) is 9.47. The van der Waals surface area contributed by atoms with Crippen LogP contribution in [0.3, 0.4) is 0 Å². The molecule has 0 radical (unpaired) electrons. The lowest BCUT2D eigenvalue weighted by Crippen LogP contribution is -2.15. The van der Waals surface area contributed by atoms with Gasteiger partial charge >= 0.3 is 0 Å². The molecule has 2 saturated carbocycles. The van der Waals surface area contributed by atoms with Gasteiger partial charge in [-0.05, 0) is 87.5 Å². The fourth-order valence-electron chi connectivity index (χ4n) is 5.25. The Balaban J connectivity index is 1.38. The summed E-state index contributed by atoms with van der Waals surface area (Å²) in [5.41, 5.74) is 1.31. The van der Waals surface area contributed by atoms with E-state index in [4.69, 9.17) is 9.97 Å². The van der Waals surface area contributed by atoms with Crippen LogP contribution in [0.2, 0.25) is 0 Å². The van der Waals surface area contributed by atoms with E-state index < -0.39 is 0 Å².